The van der Waals surface area contributed by atoms with Crippen LogP contribution in [0.3, 0.4) is 0 Å². The fourth-order valence-electron chi connectivity index (χ4n) is 4.48. The van der Waals surface area contributed by atoms with E-state index >= 15 is 0 Å². The number of rotatable bonds is 15. The number of amides is 1. The van der Waals surface area contributed by atoms with Gasteiger partial charge in [-0.2, -0.15) is 4.98 Å². The van der Waals surface area contributed by atoms with Crippen molar-refractivity contribution in [1.82, 2.24) is 20.2 Å². The monoisotopic (exact) mass is 627 g/mol. The maximum atomic E-state index is 12.8. The normalized spacial score (nSPS) is 34.3. The highest BCUT2D eigenvalue weighted by Gasteiger charge is 2.54. The van der Waals surface area contributed by atoms with Gasteiger partial charge in [0, 0.05) is 25.7 Å². The lowest BCUT2D eigenvalue weighted by Crippen LogP contribution is -2.66. The largest absolute Gasteiger partial charge is 0.475 e. The number of aromatic nitrogens is 2. The maximum Gasteiger partial charge on any atom is 0.475 e. The molecule has 11 atom stereocenters. The van der Waals surface area contributed by atoms with E-state index in [1.54, 1.807) is 0 Å². The van der Waals surface area contributed by atoms with Crippen LogP contribution in [-0.4, -0.2) is 139 Å². The minimum absolute atomic E-state index is 0.0218. The van der Waals surface area contributed by atoms with Crippen molar-refractivity contribution < 1.29 is 68.2 Å². The van der Waals surface area contributed by atoms with E-state index in [-0.39, 0.29) is 25.2 Å². The van der Waals surface area contributed by atoms with Crippen LogP contribution in [0, 0.1) is 0 Å². The Labute approximate surface area is 237 Å². The highest BCUT2D eigenvalue weighted by Crippen LogP contribution is 2.50. The summed E-state index contributed by atoms with van der Waals surface area (Å²) in [4.78, 5) is 48.5. The number of carbonyl (C=O) groups excluding carboxylic acids is 2. The molecule has 21 heteroatoms. The van der Waals surface area contributed by atoms with Crippen LogP contribution >= 0.6 is 7.82 Å². The number of phosphoric ester groups is 1. The molecular weight excluding hydrogens is 593 g/mol. The molecule has 3 heterocycles. The van der Waals surface area contributed by atoms with Gasteiger partial charge in [0.25, 0.3) is 0 Å². The van der Waals surface area contributed by atoms with E-state index in [2.05, 4.69) is 15.6 Å². The van der Waals surface area contributed by atoms with Gasteiger partial charge in [0.15, 0.2) is 12.5 Å². The Morgan fingerprint density at radius 3 is 2.60 bits per heavy atom. The number of phosphoric acid groups is 1. The van der Waals surface area contributed by atoms with Crippen molar-refractivity contribution in [2.45, 2.75) is 67.2 Å². The fraction of sp³-hybridized carbons (Fsp3) is 0.714. The summed E-state index contributed by atoms with van der Waals surface area (Å²) in [7, 11) is -5.31. The lowest BCUT2D eigenvalue weighted by atomic mass is 9.89. The SMILES string of the molecule is Nc1ccn(C2OC(COP(=O)(O)O[C@@]3(C=O)C[C@@H](O)[C@@H](NCCNC=O)C([C@H](O)[C@H](O)CO)O3)[C@@H](O)[C@H]2O)c(=O)n1. The van der Waals surface area contributed by atoms with Crippen LogP contribution in [0.4, 0.5) is 5.82 Å². The van der Waals surface area contributed by atoms with Crippen molar-refractivity contribution in [2.75, 3.05) is 32.0 Å². The molecule has 4 unspecified atom stereocenters. The Bertz CT molecular complexity index is 1180. The minimum atomic E-state index is -5.31. The number of hydrogen-bond acceptors (Lipinski definition) is 17. The molecule has 11 N–H and O–H groups in total. The van der Waals surface area contributed by atoms with E-state index in [1.165, 1.54) is 6.07 Å². The number of nitrogens with zero attached hydrogens (tertiary/aromatic N) is 2. The number of nitrogens with two attached hydrogens (primary N) is 1. The zero-order valence-electron chi connectivity index (χ0n) is 21.9. The van der Waals surface area contributed by atoms with E-state index in [9.17, 15) is 54.5 Å². The first-order chi connectivity index (χ1) is 19.8. The Hall–Kier alpha value is -2.43. The number of anilines is 1. The molecule has 1 amide bonds. The van der Waals surface area contributed by atoms with Gasteiger partial charge in [-0.3, -0.25) is 18.7 Å². The summed E-state index contributed by atoms with van der Waals surface area (Å²) in [5.41, 5.74) is 4.51. The van der Waals surface area contributed by atoms with Gasteiger partial charge in [-0.15, -0.1) is 0 Å². The van der Waals surface area contributed by atoms with Crippen LogP contribution in [0.25, 0.3) is 0 Å². The molecule has 3 rings (SSSR count). The number of aliphatic hydroxyl groups is 6. The summed E-state index contributed by atoms with van der Waals surface area (Å²) >= 11 is 0. The van der Waals surface area contributed by atoms with Gasteiger partial charge in [0.05, 0.1) is 25.4 Å². The third kappa shape index (κ3) is 7.94. The first kappa shape index (κ1) is 34.1. The molecule has 0 saturated carbocycles. The number of ether oxygens (including phenoxy) is 2. The number of carbonyl (C=O) groups is 2. The van der Waals surface area contributed by atoms with Gasteiger partial charge in [0.1, 0.15) is 42.4 Å². The summed E-state index contributed by atoms with van der Waals surface area (Å²) in [5.74, 6) is -2.83. The lowest BCUT2D eigenvalue weighted by Gasteiger charge is -2.46. The summed E-state index contributed by atoms with van der Waals surface area (Å²) in [6.07, 6.45) is -12.8. The molecule has 0 spiro atoms. The van der Waals surface area contributed by atoms with Gasteiger partial charge in [0.2, 0.25) is 12.2 Å². The predicted molar refractivity (Wildman–Crippen MR) is 135 cm³/mol. The molecular formula is C21H34N5O15P. The third-order valence-corrected chi connectivity index (χ3v) is 7.58. The number of nitrogen functional groups attached to an aromatic ring is 1. The molecule has 2 aliphatic heterocycles. The highest BCUT2D eigenvalue weighted by molar-refractivity contribution is 7.47. The quantitative estimate of drug-likeness (QED) is 0.0491. The Morgan fingerprint density at radius 1 is 1.26 bits per heavy atom. The van der Waals surface area contributed by atoms with Crippen LogP contribution in [0.2, 0.25) is 0 Å². The Balaban J connectivity index is 1.72. The van der Waals surface area contributed by atoms with E-state index in [0.29, 0.717) is 6.41 Å². The van der Waals surface area contributed by atoms with E-state index < -0.39 is 93.9 Å². The molecule has 0 aliphatic carbocycles. The molecule has 2 aliphatic rings. The van der Waals surface area contributed by atoms with Gasteiger partial charge in [-0.05, 0) is 6.07 Å². The molecule has 1 aromatic rings. The molecule has 20 nitrogen and oxygen atoms in total. The second-order valence-corrected chi connectivity index (χ2v) is 10.9. The van der Waals surface area contributed by atoms with Gasteiger partial charge in [-0.1, -0.05) is 0 Å². The van der Waals surface area contributed by atoms with Crippen molar-refractivity contribution in [3.63, 3.8) is 0 Å². The summed E-state index contributed by atoms with van der Waals surface area (Å²) in [6.45, 7) is -1.78. The average Bonchev–Trinajstić information content (AvgIpc) is 3.22. The topological polar surface area (TPSA) is 315 Å². The van der Waals surface area contributed by atoms with Gasteiger partial charge >= 0.3 is 13.5 Å². The van der Waals surface area contributed by atoms with Crippen LogP contribution < -0.4 is 22.1 Å². The molecule has 238 valence electrons. The van der Waals surface area contributed by atoms with Crippen LogP contribution in [0.5, 0.6) is 0 Å². The number of hydrogen-bond donors (Lipinski definition) is 10. The number of aliphatic hydroxyl groups excluding tert-OH is 6. The van der Waals surface area contributed by atoms with Crippen LogP contribution in [0.15, 0.2) is 17.1 Å². The lowest BCUT2D eigenvalue weighted by molar-refractivity contribution is -0.274. The first-order valence-corrected chi connectivity index (χ1v) is 14.0. The van der Waals surface area contributed by atoms with Crippen molar-refractivity contribution >= 4 is 26.3 Å². The Morgan fingerprint density at radius 2 is 1.98 bits per heavy atom. The summed E-state index contributed by atoms with van der Waals surface area (Å²) in [5, 5.41) is 66.3. The van der Waals surface area contributed by atoms with Crippen molar-refractivity contribution in [3.8, 4) is 0 Å². The molecule has 2 saturated heterocycles. The highest BCUT2D eigenvalue weighted by atomic mass is 31.2. The maximum absolute atomic E-state index is 12.8. The van der Waals surface area contributed by atoms with E-state index in [0.717, 1.165) is 10.8 Å². The second kappa shape index (κ2) is 14.4. The predicted octanol–water partition coefficient (Wildman–Crippen LogP) is -5.96. The van der Waals surface area contributed by atoms with Crippen LogP contribution in [-0.2, 0) is 32.7 Å². The molecule has 2 fully saturated rings. The Kier molecular flexibility index (Phi) is 11.6. The van der Waals surface area contributed by atoms with E-state index in [1.807, 2.05) is 0 Å². The second-order valence-electron chi connectivity index (χ2n) is 9.52. The first-order valence-electron chi connectivity index (χ1n) is 12.5. The summed E-state index contributed by atoms with van der Waals surface area (Å²) in [6, 6.07) is 0.00403. The number of nitrogens with one attached hydrogen (secondary N) is 2. The molecule has 0 radical (unpaired) electrons. The summed E-state index contributed by atoms with van der Waals surface area (Å²) < 4.78 is 34.4. The van der Waals surface area contributed by atoms with Gasteiger partial charge in [-0.25, -0.2) is 13.9 Å². The van der Waals surface area contributed by atoms with Gasteiger partial charge < -0.3 is 61.4 Å². The third-order valence-electron chi connectivity index (χ3n) is 6.56. The molecule has 0 aromatic carbocycles. The fourth-order valence-corrected chi connectivity index (χ4v) is 5.42. The van der Waals surface area contributed by atoms with E-state index in [4.69, 9.17) is 24.3 Å². The smallest absolute Gasteiger partial charge is 0.394 e. The standard InChI is InChI=1S/C21H34N5O15P/c22-13-1-4-26(20(35)25-13)19-17(34)16(33)12(39-19)7-38-42(36,37)41-21(8-28)5-10(30)14(24-3-2-23-9-29)18(40-21)15(32)11(31)6-27/h1,4,8-12,14-19,24,27,30-34H,2-3,5-7H2,(H,23,29)(H,36,37)(H2,22,25,35)/t10-,11-,12?,14-,15-,16-,17-,18?,19?,21-/m1/s1. The molecule has 0 bridgehead atoms. The zero-order chi connectivity index (χ0) is 31.2. The van der Waals surface area contributed by atoms with Crippen LogP contribution in [0.1, 0.15) is 12.6 Å². The molecule has 42 heavy (non-hydrogen) atoms. The average molecular weight is 627 g/mol. The minimum Gasteiger partial charge on any atom is -0.394 e. The zero-order valence-corrected chi connectivity index (χ0v) is 22.8. The van der Waals surface area contributed by atoms with Crippen molar-refractivity contribution in [1.29, 1.82) is 0 Å². The van der Waals surface area contributed by atoms with Crippen molar-refractivity contribution in [2.24, 2.45) is 0 Å². The van der Waals surface area contributed by atoms with Crippen molar-refractivity contribution in [3.05, 3.63) is 22.7 Å². The number of aldehydes is 1. The molecule has 1 aromatic heterocycles.